The Morgan fingerprint density at radius 2 is 2.35 bits per heavy atom. The van der Waals surface area contributed by atoms with Gasteiger partial charge in [-0.25, -0.2) is 4.98 Å². The normalized spacial score (nSPS) is 11.1. The molecular formula is C11H7ClN2O2S. The first kappa shape index (κ1) is 11.7. The van der Waals surface area contributed by atoms with Crippen LogP contribution in [-0.4, -0.2) is 10.1 Å². The van der Waals surface area contributed by atoms with E-state index in [2.05, 4.69) is 4.98 Å². The van der Waals surface area contributed by atoms with Gasteiger partial charge in [-0.2, -0.15) is 5.26 Å². The number of aromatic hydroxyl groups is 1. The number of thiazole rings is 1. The van der Waals surface area contributed by atoms with Crippen molar-refractivity contribution >= 4 is 22.9 Å². The van der Waals surface area contributed by atoms with Gasteiger partial charge < -0.3 is 9.84 Å². The topological polar surface area (TPSA) is 66.1 Å². The summed E-state index contributed by atoms with van der Waals surface area (Å²) in [7, 11) is 0. The fraction of sp³-hybridized carbons (Fsp3) is 0.0909. The van der Waals surface area contributed by atoms with E-state index in [1.807, 2.05) is 18.2 Å². The fourth-order valence-corrected chi connectivity index (χ4v) is 1.91. The number of fused-ring (bicyclic) bond motifs is 3. The van der Waals surface area contributed by atoms with Crippen molar-refractivity contribution in [1.82, 2.24) is 4.98 Å². The molecule has 3 heterocycles. The molecule has 4 nitrogen and oxygen atoms in total. The van der Waals surface area contributed by atoms with Crippen LogP contribution in [0.3, 0.4) is 0 Å². The third-order valence-electron chi connectivity index (χ3n) is 2.07. The number of rotatable bonds is 0. The van der Waals surface area contributed by atoms with Gasteiger partial charge in [-0.3, -0.25) is 0 Å². The lowest BCUT2D eigenvalue weighted by atomic mass is 10.2. The number of aromatic nitrogens is 1. The molecule has 0 amide bonds. The molecule has 86 valence electrons. The fourth-order valence-electron chi connectivity index (χ4n) is 1.21. The maximum atomic E-state index is 8.63. The maximum absolute atomic E-state index is 8.63. The van der Waals surface area contributed by atoms with Crippen LogP contribution in [0.4, 0.5) is 0 Å². The van der Waals surface area contributed by atoms with Crippen LogP contribution in [0, 0.1) is 11.3 Å². The Morgan fingerprint density at radius 1 is 1.53 bits per heavy atom. The second-order valence-corrected chi connectivity index (χ2v) is 4.42. The molecular weight excluding hydrogens is 260 g/mol. The first-order valence-corrected chi connectivity index (χ1v) is 5.90. The summed E-state index contributed by atoms with van der Waals surface area (Å²) in [5.41, 5.74) is 2.50. The van der Waals surface area contributed by atoms with E-state index in [0.29, 0.717) is 6.61 Å². The highest BCUT2D eigenvalue weighted by atomic mass is 35.5. The van der Waals surface area contributed by atoms with Crippen LogP contribution in [0.25, 0.3) is 0 Å². The van der Waals surface area contributed by atoms with Crippen molar-refractivity contribution < 1.29 is 9.84 Å². The molecule has 6 heteroatoms. The van der Waals surface area contributed by atoms with Gasteiger partial charge in [-0.1, -0.05) is 17.7 Å². The molecule has 17 heavy (non-hydrogen) atoms. The van der Waals surface area contributed by atoms with E-state index in [-0.39, 0.29) is 10.8 Å². The van der Waals surface area contributed by atoms with E-state index in [1.165, 1.54) is 5.51 Å². The highest BCUT2D eigenvalue weighted by Gasteiger charge is 2.08. The molecule has 2 aromatic rings. The molecule has 1 aromatic carbocycles. The van der Waals surface area contributed by atoms with Crippen LogP contribution >= 0.6 is 22.9 Å². The zero-order valence-electron chi connectivity index (χ0n) is 8.55. The zero-order valence-corrected chi connectivity index (χ0v) is 10.1. The van der Waals surface area contributed by atoms with Gasteiger partial charge in [-0.05, 0) is 12.1 Å². The SMILES string of the molecule is Clc1cc2ccc1CO2.N#Cc1scnc1O. The molecule has 1 aromatic heterocycles. The molecule has 0 aliphatic carbocycles. The quantitative estimate of drug-likeness (QED) is 0.796. The Bertz CT molecular complexity index is 577. The van der Waals surface area contributed by atoms with E-state index < -0.39 is 0 Å². The van der Waals surface area contributed by atoms with Crippen molar-refractivity contribution in [2.75, 3.05) is 0 Å². The third kappa shape index (κ3) is 2.67. The standard InChI is InChI=1S/C7H5ClO.C4H2N2OS/c8-7-3-6-2-1-5(7)4-9-6;5-1-3-4(7)6-2-8-3/h1-3H,4H2;2,7H. The second kappa shape index (κ2) is 5.04. The van der Waals surface area contributed by atoms with Crippen LogP contribution in [-0.2, 0) is 6.61 Å². The Balaban J connectivity index is 0.000000128. The second-order valence-electron chi connectivity index (χ2n) is 3.16. The average Bonchev–Trinajstić information content (AvgIpc) is 2.77. The number of benzene rings is 1. The lowest BCUT2D eigenvalue weighted by Gasteiger charge is -2.14. The highest BCUT2D eigenvalue weighted by molar-refractivity contribution is 7.10. The zero-order chi connectivity index (χ0) is 12.3. The number of hydrogen-bond acceptors (Lipinski definition) is 5. The van der Waals surface area contributed by atoms with Crippen molar-refractivity contribution in [3.05, 3.63) is 39.2 Å². The van der Waals surface area contributed by atoms with Gasteiger partial charge in [0, 0.05) is 5.56 Å². The molecule has 0 saturated heterocycles. The van der Waals surface area contributed by atoms with Gasteiger partial charge in [0.05, 0.1) is 10.5 Å². The summed E-state index contributed by atoms with van der Waals surface area (Å²) in [6.45, 7) is 0.640. The Labute approximate surface area is 107 Å². The van der Waals surface area contributed by atoms with Gasteiger partial charge in [0.1, 0.15) is 18.4 Å². The number of nitrogens with zero attached hydrogens (tertiary/aromatic N) is 2. The minimum absolute atomic E-state index is 0.169. The number of hydrogen-bond donors (Lipinski definition) is 1. The molecule has 1 N–H and O–H groups in total. The van der Waals surface area contributed by atoms with Crippen molar-refractivity contribution in [2.45, 2.75) is 6.61 Å². The lowest BCUT2D eigenvalue weighted by molar-refractivity contribution is 0.295. The average molecular weight is 267 g/mol. The Hall–Kier alpha value is -1.77. The van der Waals surface area contributed by atoms with Crippen molar-refractivity contribution in [3.63, 3.8) is 0 Å². The summed E-state index contributed by atoms with van der Waals surface area (Å²) in [6.07, 6.45) is 0. The van der Waals surface area contributed by atoms with E-state index >= 15 is 0 Å². The molecule has 0 saturated carbocycles. The molecule has 2 bridgehead atoms. The number of nitriles is 1. The summed E-state index contributed by atoms with van der Waals surface area (Å²) in [5.74, 6) is 0.701. The summed E-state index contributed by atoms with van der Waals surface area (Å²) < 4.78 is 5.18. The summed E-state index contributed by atoms with van der Waals surface area (Å²) in [4.78, 5) is 3.71. The van der Waals surface area contributed by atoms with Crippen molar-refractivity contribution in [2.24, 2.45) is 0 Å². The van der Waals surface area contributed by atoms with Gasteiger partial charge >= 0.3 is 0 Å². The van der Waals surface area contributed by atoms with Gasteiger partial charge in [0.2, 0.25) is 5.88 Å². The van der Waals surface area contributed by atoms with Crippen LogP contribution in [0.15, 0.2) is 23.7 Å². The van der Waals surface area contributed by atoms with Crippen LogP contribution < -0.4 is 4.74 Å². The summed E-state index contributed by atoms with van der Waals surface area (Å²) in [6, 6.07) is 7.52. The molecule has 2 aliphatic heterocycles. The van der Waals surface area contributed by atoms with E-state index in [9.17, 15) is 0 Å². The molecule has 4 rings (SSSR count). The molecule has 0 fully saturated rings. The first-order valence-electron chi connectivity index (χ1n) is 4.64. The smallest absolute Gasteiger partial charge is 0.240 e. The van der Waals surface area contributed by atoms with Crippen molar-refractivity contribution in [3.8, 4) is 17.7 Å². The highest BCUT2D eigenvalue weighted by Crippen LogP contribution is 2.28. The monoisotopic (exact) mass is 266 g/mol. The predicted octanol–water partition coefficient (Wildman–Crippen LogP) is 2.95. The van der Waals surface area contributed by atoms with Crippen LogP contribution in [0.1, 0.15) is 10.4 Å². The lowest BCUT2D eigenvalue weighted by Crippen LogP contribution is -2.02. The predicted molar refractivity (Wildman–Crippen MR) is 64.3 cm³/mol. The molecule has 2 aliphatic rings. The molecule has 0 atom stereocenters. The molecule has 0 radical (unpaired) electrons. The summed E-state index contributed by atoms with van der Waals surface area (Å²) >= 11 is 6.91. The van der Waals surface area contributed by atoms with Crippen LogP contribution in [0.5, 0.6) is 11.6 Å². The molecule has 0 spiro atoms. The largest absolute Gasteiger partial charge is 0.492 e. The van der Waals surface area contributed by atoms with E-state index in [1.54, 1.807) is 6.07 Å². The van der Waals surface area contributed by atoms with Gasteiger partial charge in [0.15, 0.2) is 4.88 Å². The Morgan fingerprint density at radius 3 is 2.59 bits per heavy atom. The summed E-state index contributed by atoms with van der Waals surface area (Å²) in [5, 5.41) is 17.6. The van der Waals surface area contributed by atoms with Gasteiger partial charge in [-0.15, -0.1) is 11.3 Å². The Kier molecular flexibility index (Phi) is 3.47. The van der Waals surface area contributed by atoms with Crippen LogP contribution in [0.2, 0.25) is 5.02 Å². The number of ether oxygens (including phenoxy) is 1. The molecule has 0 unspecified atom stereocenters. The first-order chi connectivity index (χ1) is 8.20. The maximum Gasteiger partial charge on any atom is 0.240 e. The third-order valence-corrected chi connectivity index (χ3v) is 3.14. The van der Waals surface area contributed by atoms with E-state index in [4.69, 9.17) is 26.7 Å². The number of halogens is 1. The van der Waals surface area contributed by atoms with Gasteiger partial charge in [0.25, 0.3) is 0 Å². The minimum atomic E-state index is -0.169. The van der Waals surface area contributed by atoms with Crippen molar-refractivity contribution in [1.29, 1.82) is 5.26 Å². The minimum Gasteiger partial charge on any atom is -0.492 e. The van der Waals surface area contributed by atoms with E-state index in [0.717, 1.165) is 27.7 Å².